The fourth-order valence-corrected chi connectivity index (χ4v) is 5.33. The third-order valence-corrected chi connectivity index (χ3v) is 7.58. The number of hydrogen-bond acceptors (Lipinski definition) is 7. The lowest BCUT2D eigenvalue weighted by molar-refractivity contribution is -0.127. The smallest absolute Gasteiger partial charge is 0.355 e. The van der Waals surface area contributed by atoms with Crippen LogP contribution in [0.15, 0.2) is 90.0 Å². The number of ether oxygens (including phenoxy) is 3. The highest BCUT2D eigenvalue weighted by Gasteiger charge is 2.20. The van der Waals surface area contributed by atoms with Crippen molar-refractivity contribution in [1.29, 1.82) is 0 Å². The number of nitrogens with zero attached hydrogens (tertiary/aromatic N) is 1. The van der Waals surface area contributed by atoms with Crippen molar-refractivity contribution in [2.24, 2.45) is 5.10 Å². The molecule has 1 aromatic heterocycles. The summed E-state index contributed by atoms with van der Waals surface area (Å²) in [4.78, 5) is 25.7. The van der Waals surface area contributed by atoms with Crippen molar-refractivity contribution in [2.45, 2.75) is 13.0 Å². The second-order valence-electron chi connectivity index (χ2n) is 8.51. The first-order chi connectivity index (χ1) is 18.9. The van der Waals surface area contributed by atoms with Crippen molar-refractivity contribution in [3.05, 3.63) is 100 Å². The van der Waals surface area contributed by atoms with Gasteiger partial charge in [0.1, 0.15) is 10.6 Å². The molecule has 0 radical (unpaired) electrons. The summed E-state index contributed by atoms with van der Waals surface area (Å²) < 4.78 is 17.8. The van der Waals surface area contributed by atoms with Gasteiger partial charge in [0.2, 0.25) is 0 Å². The highest BCUT2D eigenvalue weighted by atomic mass is 35.5. The second-order valence-corrected chi connectivity index (χ2v) is 9.94. The van der Waals surface area contributed by atoms with Gasteiger partial charge in [0, 0.05) is 15.5 Å². The lowest BCUT2D eigenvalue weighted by Crippen LogP contribution is -2.33. The molecule has 5 rings (SSSR count). The van der Waals surface area contributed by atoms with Crippen LogP contribution in [0.2, 0.25) is 5.02 Å². The van der Waals surface area contributed by atoms with E-state index in [2.05, 4.69) is 10.5 Å². The number of carbonyl (C=O) groups is 2. The van der Waals surface area contributed by atoms with Gasteiger partial charge >= 0.3 is 5.97 Å². The van der Waals surface area contributed by atoms with E-state index in [4.69, 9.17) is 25.8 Å². The van der Waals surface area contributed by atoms with Gasteiger partial charge in [-0.1, -0.05) is 66.2 Å². The maximum atomic E-state index is 12.8. The maximum Gasteiger partial charge on any atom is 0.355 e. The molecular formula is C30H23ClN2O5S. The van der Waals surface area contributed by atoms with Gasteiger partial charge in [-0.05, 0) is 48.2 Å². The van der Waals surface area contributed by atoms with E-state index < -0.39 is 18.0 Å². The summed E-state index contributed by atoms with van der Waals surface area (Å²) in [5, 5.41) is 7.14. The van der Waals surface area contributed by atoms with Gasteiger partial charge in [-0.2, -0.15) is 5.10 Å². The van der Waals surface area contributed by atoms with Crippen LogP contribution in [0.1, 0.15) is 22.2 Å². The standard InChI is InChI=1S/C30H23ClN2O5S/c1-18(37-23-12-7-9-20-8-3-4-10-21(20)23)29(34)33-32-17-19-14-15-24(25(16-19)36-2)38-30(35)28-27(31)22-11-5-6-13-26(22)39-28/h3-18H,1-2H3,(H,33,34). The fraction of sp³-hybridized carbons (Fsp3) is 0.100. The fourth-order valence-electron chi connectivity index (χ4n) is 3.94. The summed E-state index contributed by atoms with van der Waals surface area (Å²) in [6.45, 7) is 1.65. The van der Waals surface area contributed by atoms with Crippen LogP contribution in [-0.2, 0) is 4.79 Å². The van der Waals surface area contributed by atoms with Crippen LogP contribution in [0.4, 0.5) is 0 Å². The van der Waals surface area contributed by atoms with E-state index in [1.807, 2.05) is 66.7 Å². The number of thiophene rings is 1. The molecule has 1 atom stereocenters. The molecule has 0 saturated heterocycles. The molecule has 7 nitrogen and oxygen atoms in total. The topological polar surface area (TPSA) is 86.2 Å². The Balaban J connectivity index is 1.23. The Bertz CT molecular complexity index is 1710. The molecule has 0 fully saturated rings. The first-order valence-electron chi connectivity index (χ1n) is 12.0. The predicted octanol–water partition coefficient (Wildman–Crippen LogP) is 6.85. The third kappa shape index (κ3) is 5.72. The molecule has 196 valence electrons. The number of esters is 1. The summed E-state index contributed by atoms with van der Waals surface area (Å²) in [6, 6.07) is 25.9. The average Bonchev–Trinajstić information content (AvgIpc) is 3.30. The summed E-state index contributed by atoms with van der Waals surface area (Å²) in [5.74, 6) is 0.189. The van der Waals surface area contributed by atoms with E-state index in [0.717, 1.165) is 20.9 Å². The second kappa shape index (κ2) is 11.6. The lowest BCUT2D eigenvalue weighted by Gasteiger charge is -2.14. The number of hydrogen-bond donors (Lipinski definition) is 1. The van der Waals surface area contributed by atoms with Crippen LogP contribution < -0.4 is 19.6 Å². The van der Waals surface area contributed by atoms with E-state index in [1.165, 1.54) is 24.7 Å². The summed E-state index contributed by atoms with van der Waals surface area (Å²) >= 11 is 7.68. The van der Waals surface area contributed by atoms with Gasteiger partial charge in [-0.15, -0.1) is 11.3 Å². The minimum atomic E-state index is -0.773. The summed E-state index contributed by atoms with van der Waals surface area (Å²) in [6.07, 6.45) is 0.685. The zero-order valence-corrected chi connectivity index (χ0v) is 22.6. The largest absolute Gasteiger partial charge is 0.493 e. The van der Waals surface area contributed by atoms with Crippen molar-refractivity contribution in [1.82, 2.24) is 5.43 Å². The Morgan fingerprint density at radius 3 is 2.46 bits per heavy atom. The number of carbonyl (C=O) groups excluding carboxylic acids is 2. The number of rotatable bonds is 8. The van der Waals surface area contributed by atoms with Gasteiger partial charge in [-0.3, -0.25) is 4.79 Å². The average molecular weight is 559 g/mol. The first kappa shape index (κ1) is 26.2. The highest BCUT2D eigenvalue weighted by molar-refractivity contribution is 7.21. The van der Waals surface area contributed by atoms with E-state index in [-0.39, 0.29) is 5.75 Å². The SMILES string of the molecule is COc1cc(C=NNC(=O)C(C)Oc2cccc3ccccc23)ccc1OC(=O)c1sc2ccccc2c1Cl. The molecule has 0 saturated carbocycles. The normalized spacial score (nSPS) is 12.0. The van der Waals surface area contributed by atoms with Gasteiger partial charge < -0.3 is 14.2 Å². The third-order valence-electron chi connectivity index (χ3n) is 5.92. The van der Waals surface area contributed by atoms with Crippen molar-refractivity contribution in [3.8, 4) is 17.2 Å². The molecule has 1 unspecified atom stereocenters. The molecule has 39 heavy (non-hydrogen) atoms. The van der Waals surface area contributed by atoms with Crippen LogP contribution in [-0.4, -0.2) is 31.3 Å². The Labute approximate surface area is 233 Å². The van der Waals surface area contributed by atoms with Crippen molar-refractivity contribution in [3.63, 3.8) is 0 Å². The van der Waals surface area contributed by atoms with Gasteiger partial charge in [0.05, 0.1) is 18.3 Å². The monoisotopic (exact) mass is 558 g/mol. The number of hydrazone groups is 1. The molecule has 0 aliphatic carbocycles. The number of benzene rings is 4. The van der Waals surface area contributed by atoms with Gasteiger partial charge in [0.25, 0.3) is 5.91 Å². The van der Waals surface area contributed by atoms with Crippen LogP contribution in [0, 0.1) is 0 Å². The molecule has 0 bridgehead atoms. The van der Waals surface area contributed by atoms with Gasteiger partial charge in [-0.25, -0.2) is 10.2 Å². The maximum absolute atomic E-state index is 12.8. The quantitative estimate of drug-likeness (QED) is 0.0973. The van der Waals surface area contributed by atoms with Crippen molar-refractivity contribution >= 4 is 61.9 Å². The number of fused-ring (bicyclic) bond motifs is 2. The number of halogens is 1. The van der Waals surface area contributed by atoms with Crippen LogP contribution >= 0.6 is 22.9 Å². The van der Waals surface area contributed by atoms with Crippen LogP contribution in [0.3, 0.4) is 0 Å². The molecule has 4 aromatic carbocycles. The molecule has 0 aliphatic heterocycles. The Morgan fingerprint density at radius 1 is 0.923 bits per heavy atom. The molecule has 9 heteroatoms. The Morgan fingerprint density at radius 2 is 1.67 bits per heavy atom. The lowest BCUT2D eigenvalue weighted by atomic mass is 10.1. The Kier molecular flexibility index (Phi) is 7.76. The molecule has 1 N–H and O–H groups in total. The molecule has 1 heterocycles. The van der Waals surface area contributed by atoms with E-state index >= 15 is 0 Å². The van der Waals surface area contributed by atoms with Crippen LogP contribution in [0.5, 0.6) is 17.2 Å². The molecule has 5 aromatic rings. The molecule has 0 aliphatic rings. The highest BCUT2D eigenvalue weighted by Crippen LogP contribution is 2.37. The Hall–Kier alpha value is -4.40. The minimum absolute atomic E-state index is 0.231. The van der Waals surface area contributed by atoms with Crippen molar-refractivity contribution in [2.75, 3.05) is 7.11 Å². The van der Waals surface area contributed by atoms with E-state index in [0.29, 0.717) is 27.0 Å². The first-order valence-corrected chi connectivity index (χ1v) is 13.2. The van der Waals surface area contributed by atoms with Crippen molar-refractivity contribution < 1.29 is 23.8 Å². The van der Waals surface area contributed by atoms with E-state index in [1.54, 1.807) is 25.1 Å². The minimum Gasteiger partial charge on any atom is -0.493 e. The number of nitrogens with one attached hydrogen (secondary N) is 1. The molecular weight excluding hydrogens is 536 g/mol. The molecule has 0 spiro atoms. The predicted molar refractivity (Wildman–Crippen MR) is 155 cm³/mol. The summed E-state index contributed by atoms with van der Waals surface area (Å²) in [5.41, 5.74) is 3.11. The molecule has 1 amide bonds. The number of methoxy groups -OCH3 is 1. The van der Waals surface area contributed by atoms with Gasteiger partial charge in [0.15, 0.2) is 17.6 Å². The number of amides is 1. The van der Waals surface area contributed by atoms with E-state index in [9.17, 15) is 9.59 Å². The summed E-state index contributed by atoms with van der Waals surface area (Å²) in [7, 11) is 1.47. The van der Waals surface area contributed by atoms with Crippen LogP contribution in [0.25, 0.3) is 20.9 Å². The zero-order valence-electron chi connectivity index (χ0n) is 21.0. The zero-order chi connectivity index (χ0) is 27.4.